The molecule has 3 N–H and O–H groups in total. The van der Waals surface area contributed by atoms with Gasteiger partial charge in [0.2, 0.25) is 0 Å². The number of nitrogens with one attached hydrogen (secondary N) is 1. The van der Waals surface area contributed by atoms with Crippen LogP contribution in [0.25, 0.3) is 10.9 Å². The normalized spacial score (nSPS) is 12.6. The first-order valence-corrected chi connectivity index (χ1v) is 5.62. The van der Waals surface area contributed by atoms with Gasteiger partial charge in [-0.25, -0.2) is 0 Å². The molecule has 0 radical (unpaired) electrons. The zero-order chi connectivity index (χ0) is 12.3. The molecule has 2 aromatic rings. The molecule has 0 fully saturated rings. The summed E-state index contributed by atoms with van der Waals surface area (Å²) in [6.45, 7) is 2.72. The second-order valence-electron chi connectivity index (χ2n) is 4.03. The van der Waals surface area contributed by atoms with E-state index in [4.69, 9.17) is 10.5 Å². The van der Waals surface area contributed by atoms with Gasteiger partial charge in [0.15, 0.2) is 0 Å². The quantitative estimate of drug-likeness (QED) is 0.847. The van der Waals surface area contributed by atoms with Crippen LogP contribution in [-0.2, 0) is 4.74 Å². The number of fused-ring (bicyclic) bond motifs is 1. The van der Waals surface area contributed by atoms with E-state index in [0.717, 1.165) is 16.6 Å². The highest BCUT2D eigenvalue weighted by atomic mass is 16.5. The average Bonchev–Trinajstić information content (AvgIpc) is 2.37. The highest BCUT2D eigenvalue weighted by Gasteiger charge is 2.07. The minimum atomic E-state index is 0.140. The Morgan fingerprint density at radius 3 is 2.94 bits per heavy atom. The van der Waals surface area contributed by atoms with Crippen molar-refractivity contribution >= 4 is 22.3 Å². The van der Waals surface area contributed by atoms with Crippen molar-refractivity contribution in [3.8, 4) is 0 Å². The molecule has 0 saturated heterocycles. The minimum Gasteiger partial charge on any atom is -0.396 e. The third-order valence-corrected chi connectivity index (χ3v) is 2.77. The Balaban J connectivity index is 2.34. The number of methoxy groups -OCH3 is 1. The molecule has 0 aliphatic carbocycles. The summed E-state index contributed by atoms with van der Waals surface area (Å²) in [6.07, 6.45) is 1.82. The van der Waals surface area contributed by atoms with Gasteiger partial charge in [-0.1, -0.05) is 18.2 Å². The van der Waals surface area contributed by atoms with Crippen LogP contribution in [0.5, 0.6) is 0 Å². The van der Waals surface area contributed by atoms with E-state index in [0.29, 0.717) is 12.2 Å². The Kier molecular flexibility index (Phi) is 3.44. The van der Waals surface area contributed by atoms with Crippen molar-refractivity contribution in [1.29, 1.82) is 0 Å². The Hall–Kier alpha value is -1.81. The molecule has 1 heterocycles. The van der Waals surface area contributed by atoms with Crippen molar-refractivity contribution in [2.24, 2.45) is 0 Å². The topological polar surface area (TPSA) is 60.2 Å². The molecule has 4 nitrogen and oxygen atoms in total. The predicted molar refractivity (Wildman–Crippen MR) is 71.1 cm³/mol. The number of anilines is 2. The number of rotatable bonds is 4. The van der Waals surface area contributed by atoms with E-state index in [-0.39, 0.29) is 6.10 Å². The maximum Gasteiger partial charge on any atom is 0.0743 e. The number of pyridine rings is 1. The number of nitrogens with two attached hydrogens (primary N) is 1. The van der Waals surface area contributed by atoms with Crippen molar-refractivity contribution in [3.05, 3.63) is 30.5 Å². The molecule has 0 bridgehead atoms. The number of hydrogen-bond donors (Lipinski definition) is 2. The summed E-state index contributed by atoms with van der Waals surface area (Å²) in [5.74, 6) is 0. The van der Waals surface area contributed by atoms with Gasteiger partial charge in [-0.2, -0.15) is 0 Å². The molecule has 0 aliphatic rings. The number of nitrogen functional groups attached to an aromatic ring is 1. The molecule has 0 saturated carbocycles. The SMILES string of the molecule is COC(C)CNc1c(N)cnc2ccccc12. The largest absolute Gasteiger partial charge is 0.396 e. The fourth-order valence-electron chi connectivity index (χ4n) is 1.68. The highest BCUT2D eigenvalue weighted by Crippen LogP contribution is 2.27. The van der Waals surface area contributed by atoms with E-state index in [2.05, 4.69) is 10.3 Å². The fourth-order valence-corrected chi connectivity index (χ4v) is 1.68. The third-order valence-electron chi connectivity index (χ3n) is 2.77. The molecule has 1 aromatic heterocycles. The maximum atomic E-state index is 5.95. The molecule has 2 rings (SSSR count). The molecule has 1 aromatic carbocycles. The molecule has 1 atom stereocenters. The first-order valence-electron chi connectivity index (χ1n) is 5.62. The van der Waals surface area contributed by atoms with Crippen LogP contribution in [0.1, 0.15) is 6.92 Å². The van der Waals surface area contributed by atoms with Crippen LogP contribution >= 0.6 is 0 Å². The first-order chi connectivity index (χ1) is 8.22. The van der Waals surface area contributed by atoms with Gasteiger partial charge in [0.05, 0.1) is 29.2 Å². The standard InChI is InChI=1S/C13H17N3O/c1-9(17-2)7-16-13-10-5-3-4-6-12(10)15-8-11(13)14/h3-6,8-9H,7,14H2,1-2H3,(H,15,16). The van der Waals surface area contributed by atoms with Gasteiger partial charge in [0, 0.05) is 19.0 Å². The summed E-state index contributed by atoms with van der Waals surface area (Å²) < 4.78 is 5.20. The summed E-state index contributed by atoms with van der Waals surface area (Å²) in [5.41, 5.74) is 8.48. The number of benzene rings is 1. The second-order valence-corrected chi connectivity index (χ2v) is 4.03. The third kappa shape index (κ3) is 2.47. The van der Waals surface area contributed by atoms with Crippen LogP contribution in [0.15, 0.2) is 30.5 Å². The van der Waals surface area contributed by atoms with Gasteiger partial charge in [-0.15, -0.1) is 0 Å². The summed E-state index contributed by atoms with van der Waals surface area (Å²) in [4.78, 5) is 4.29. The van der Waals surface area contributed by atoms with Crippen molar-refractivity contribution < 1.29 is 4.74 Å². The number of nitrogens with zero attached hydrogens (tertiary/aromatic N) is 1. The molecule has 0 aliphatic heterocycles. The van der Waals surface area contributed by atoms with Crippen molar-refractivity contribution in [2.45, 2.75) is 13.0 Å². The maximum absolute atomic E-state index is 5.95. The van der Waals surface area contributed by atoms with Crippen molar-refractivity contribution in [2.75, 3.05) is 24.7 Å². The van der Waals surface area contributed by atoms with Crippen LogP contribution in [-0.4, -0.2) is 24.7 Å². The Morgan fingerprint density at radius 2 is 2.18 bits per heavy atom. The lowest BCUT2D eigenvalue weighted by Crippen LogP contribution is -2.18. The van der Waals surface area contributed by atoms with E-state index in [1.807, 2.05) is 31.2 Å². The molecule has 1 unspecified atom stereocenters. The van der Waals surface area contributed by atoms with E-state index in [9.17, 15) is 0 Å². The molecule has 4 heteroatoms. The molecule has 0 spiro atoms. The van der Waals surface area contributed by atoms with E-state index in [1.54, 1.807) is 13.3 Å². The zero-order valence-electron chi connectivity index (χ0n) is 10.1. The predicted octanol–water partition coefficient (Wildman–Crippen LogP) is 2.26. The van der Waals surface area contributed by atoms with Gasteiger partial charge >= 0.3 is 0 Å². The number of para-hydroxylation sites is 1. The lowest BCUT2D eigenvalue weighted by Gasteiger charge is -2.15. The second kappa shape index (κ2) is 5.01. The Labute approximate surface area is 101 Å². The highest BCUT2D eigenvalue weighted by molar-refractivity contribution is 5.96. The minimum absolute atomic E-state index is 0.140. The van der Waals surface area contributed by atoms with Gasteiger partial charge in [-0.3, -0.25) is 4.98 Å². The van der Waals surface area contributed by atoms with E-state index < -0.39 is 0 Å². The average molecular weight is 231 g/mol. The van der Waals surface area contributed by atoms with Gasteiger partial charge in [0.25, 0.3) is 0 Å². The lowest BCUT2D eigenvalue weighted by atomic mass is 10.1. The Bertz CT molecular complexity index is 513. The molecule has 17 heavy (non-hydrogen) atoms. The van der Waals surface area contributed by atoms with Crippen LogP contribution in [0, 0.1) is 0 Å². The Morgan fingerprint density at radius 1 is 1.41 bits per heavy atom. The van der Waals surface area contributed by atoms with Gasteiger partial charge in [0.1, 0.15) is 0 Å². The lowest BCUT2D eigenvalue weighted by molar-refractivity contribution is 0.129. The van der Waals surface area contributed by atoms with Crippen molar-refractivity contribution in [1.82, 2.24) is 4.98 Å². The van der Waals surface area contributed by atoms with E-state index >= 15 is 0 Å². The molecule has 90 valence electrons. The van der Waals surface area contributed by atoms with Gasteiger partial charge in [-0.05, 0) is 13.0 Å². The van der Waals surface area contributed by atoms with Crippen molar-refractivity contribution in [3.63, 3.8) is 0 Å². The summed E-state index contributed by atoms with van der Waals surface area (Å²) >= 11 is 0. The monoisotopic (exact) mass is 231 g/mol. The van der Waals surface area contributed by atoms with E-state index in [1.165, 1.54) is 0 Å². The van der Waals surface area contributed by atoms with Crippen LogP contribution < -0.4 is 11.1 Å². The van der Waals surface area contributed by atoms with Gasteiger partial charge < -0.3 is 15.8 Å². The molecular formula is C13H17N3O. The first kappa shape index (κ1) is 11.7. The fraction of sp³-hybridized carbons (Fsp3) is 0.308. The smallest absolute Gasteiger partial charge is 0.0743 e. The summed E-state index contributed by atoms with van der Waals surface area (Å²) in [5, 5.41) is 4.35. The summed E-state index contributed by atoms with van der Waals surface area (Å²) in [6, 6.07) is 7.93. The van der Waals surface area contributed by atoms with Crippen LogP contribution in [0.4, 0.5) is 11.4 Å². The number of ether oxygens (including phenoxy) is 1. The number of hydrogen-bond acceptors (Lipinski definition) is 4. The zero-order valence-corrected chi connectivity index (χ0v) is 10.1. The summed E-state index contributed by atoms with van der Waals surface area (Å²) in [7, 11) is 1.69. The number of aromatic nitrogens is 1. The van der Waals surface area contributed by atoms with Crippen LogP contribution in [0.3, 0.4) is 0 Å². The van der Waals surface area contributed by atoms with Crippen LogP contribution in [0.2, 0.25) is 0 Å². The molecule has 0 amide bonds. The molecular weight excluding hydrogens is 214 g/mol.